The number of nitrogens with two attached hydrogens (primary N) is 1. The van der Waals surface area contributed by atoms with Gasteiger partial charge >= 0.3 is 5.97 Å². The van der Waals surface area contributed by atoms with Crippen LogP contribution >= 0.6 is 0 Å². The highest BCUT2D eigenvalue weighted by atomic mass is 16.5. The Balaban J connectivity index is 4.72. The first-order valence-corrected chi connectivity index (χ1v) is 17.6. The molecule has 7 atom stereocenters. The van der Waals surface area contributed by atoms with Crippen LogP contribution in [0, 0.1) is 23.7 Å². The maximum Gasteiger partial charge on any atom is 0.328 e. The SMILES string of the molecule is C=C(NC(=O)[C@H](C)[C@H](O)CC[C@@H](C)C(=O)/C=C/C(C)=C/CC[C@@H](C)CCCCCC)C(=O)NC[C@H](C)C(=O)N[C@H](C[C@H](O)C(N)=O)C(=O)OC. The Labute approximate surface area is 297 Å². The monoisotopic (exact) mass is 706 g/mol. The highest BCUT2D eigenvalue weighted by Gasteiger charge is 2.29. The van der Waals surface area contributed by atoms with Crippen LogP contribution in [0.3, 0.4) is 0 Å². The summed E-state index contributed by atoms with van der Waals surface area (Å²) in [5.74, 6) is -5.62. The number of ketones is 1. The van der Waals surface area contributed by atoms with E-state index in [0.29, 0.717) is 12.3 Å². The number of allylic oxidation sites excluding steroid dienone is 4. The third-order valence-electron chi connectivity index (χ3n) is 8.71. The highest BCUT2D eigenvalue weighted by Crippen LogP contribution is 2.18. The Kier molecular flexibility index (Phi) is 23.2. The summed E-state index contributed by atoms with van der Waals surface area (Å²) >= 11 is 0. The maximum absolute atomic E-state index is 12.7. The number of carbonyl (C=O) groups excluding carboxylic acids is 6. The number of nitrogens with one attached hydrogen (secondary N) is 3. The molecule has 0 unspecified atom stereocenters. The smallest absolute Gasteiger partial charge is 0.328 e. The summed E-state index contributed by atoms with van der Waals surface area (Å²) < 4.78 is 4.58. The number of carbonyl (C=O) groups is 6. The quantitative estimate of drug-likeness (QED) is 0.0337. The minimum atomic E-state index is -1.69. The topological polar surface area (TPSA) is 214 Å². The van der Waals surface area contributed by atoms with E-state index in [0.717, 1.165) is 25.5 Å². The second-order valence-electron chi connectivity index (χ2n) is 13.4. The minimum absolute atomic E-state index is 0.0663. The van der Waals surface area contributed by atoms with E-state index >= 15 is 0 Å². The van der Waals surface area contributed by atoms with Crippen LogP contribution in [0.2, 0.25) is 0 Å². The van der Waals surface area contributed by atoms with Gasteiger partial charge in [0.05, 0.1) is 30.7 Å². The van der Waals surface area contributed by atoms with Crippen molar-refractivity contribution in [2.75, 3.05) is 13.7 Å². The molecule has 0 aromatic rings. The van der Waals surface area contributed by atoms with Crippen LogP contribution in [0.15, 0.2) is 36.1 Å². The van der Waals surface area contributed by atoms with Crippen molar-refractivity contribution in [3.05, 3.63) is 36.1 Å². The molecule has 0 bridgehead atoms. The molecule has 4 amide bonds. The molecule has 284 valence electrons. The highest BCUT2D eigenvalue weighted by molar-refractivity contribution is 5.97. The molecule has 0 radical (unpaired) electrons. The lowest BCUT2D eigenvalue weighted by Crippen LogP contribution is -2.49. The number of hydrogen-bond donors (Lipinski definition) is 6. The number of ether oxygens (including phenoxy) is 1. The van der Waals surface area contributed by atoms with Crippen LogP contribution in [0.25, 0.3) is 0 Å². The Bertz CT molecular complexity index is 1200. The van der Waals surface area contributed by atoms with Crippen molar-refractivity contribution in [3.63, 3.8) is 0 Å². The van der Waals surface area contributed by atoms with Gasteiger partial charge in [-0.25, -0.2) is 4.79 Å². The number of esters is 1. The van der Waals surface area contributed by atoms with Gasteiger partial charge in [-0.3, -0.25) is 24.0 Å². The molecule has 0 fully saturated rings. The van der Waals surface area contributed by atoms with E-state index in [1.54, 1.807) is 13.0 Å². The second kappa shape index (κ2) is 25.2. The summed E-state index contributed by atoms with van der Waals surface area (Å²) in [4.78, 5) is 73.5. The Morgan fingerprint density at radius 2 is 1.54 bits per heavy atom. The zero-order valence-electron chi connectivity index (χ0n) is 31.1. The first-order chi connectivity index (χ1) is 23.4. The van der Waals surface area contributed by atoms with E-state index in [2.05, 4.69) is 47.2 Å². The number of unbranched alkanes of at least 4 members (excludes halogenated alkanes) is 3. The normalized spacial score (nSPS) is 15.9. The lowest BCUT2D eigenvalue weighted by atomic mass is 9.92. The lowest BCUT2D eigenvalue weighted by Gasteiger charge is -2.21. The zero-order valence-corrected chi connectivity index (χ0v) is 31.1. The predicted octanol–water partition coefficient (Wildman–Crippen LogP) is 3.13. The van der Waals surface area contributed by atoms with Gasteiger partial charge in [-0.05, 0) is 44.6 Å². The lowest BCUT2D eigenvalue weighted by molar-refractivity contribution is -0.147. The summed E-state index contributed by atoms with van der Waals surface area (Å²) in [5, 5.41) is 27.4. The molecule has 13 heteroatoms. The van der Waals surface area contributed by atoms with Crippen LogP contribution < -0.4 is 21.7 Å². The van der Waals surface area contributed by atoms with E-state index in [-0.39, 0.29) is 30.4 Å². The number of primary amides is 1. The Hall–Kier alpha value is -3.84. The van der Waals surface area contributed by atoms with E-state index in [1.807, 2.05) is 13.0 Å². The fourth-order valence-corrected chi connectivity index (χ4v) is 4.87. The largest absolute Gasteiger partial charge is 0.467 e. The average Bonchev–Trinajstić information content (AvgIpc) is 3.08. The van der Waals surface area contributed by atoms with E-state index < -0.39 is 66.1 Å². The van der Waals surface area contributed by atoms with Gasteiger partial charge in [0.2, 0.25) is 17.7 Å². The van der Waals surface area contributed by atoms with Crippen LogP contribution in [0.1, 0.15) is 106 Å². The molecule has 0 aliphatic carbocycles. The molecule has 0 saturated carbocycles. The first-order valence-electron chi connectivity index (χ1n) is 17.6. The van der Waals surface area contributed by atoms with Crippen molar-refractivity contribution in [2.45, 2.75) is 124 Å². The number of hydrogen-bond acceptors (Lipinski definition) is 9. The van der Waals surface area contributed by atoms with Crippen molar-refractivity contribution in [1.82, 2.24) is 16.0 Å². The summed E-state index contributed by atoms with van der Waals surface area (Å²) in [6, 6.07) is -1.35. The first kappa shape index (κ1) is 46.2. The van der Waals surface area contributed by atoms with Crippen molar-refractivity contribution in [1.29, 1.82) is 0 Å². The molecule has 0 aliphatic heterocycles. The molecule has 50 heavy (non-hydrogen) atoms. The molecule has 0 saturated heterocycles. The van der Waals surface area contributed by atoms with Gasteiger partial charge in [0.15, 0.2) is 5.78 Å². The van der Waals surface area contributed by atoms with Crippen LogP contribution in [-0.2, 0) is 33.5 Å². The third kappa shape index (κ3) is 19.4. The fourth-order valence-electron chi connectivity index (χ4n) is 4.87. The van der Waals surface area contributed by atoms with Crippen LogP contribution in [0.5, 0.6) is 0 Å². The van der Waals surface area contributed by atoms with Crippen molar-refractivity contribution in [3.8, 4) is 0 Å². The molecule has 13 nitrogen and oxygen atoms in total. The number of aliphatic hydroxyl groups excluding tert-OH is 2. The van der Waals surface area contributed by atoms with Crippen molar-refractivity contribution < 1.29 is 43.7 Å². The average molecular weight is 707 g/mol. The molecule has 7 N–H and O–H groups in total. The van der Waals surface area contributed by atoms with Crippen molar-refractivity contribution in [2.24, 2.45) is 29.4 Å². The summed E-state index contributed by atoms with van der Waals surface area (Å²) in [6.45, 7) is 14.5. The van der Waals surface area contributed by atoms with Crippen LogP contribution in [-0.4, -0.2) is 77.5 Å². The molecule has 0 rings (SSSR count). The molecule has 0 aromatic heterocycles. The molecular formula is C37H62N4O9. The van der Waals surface area contributed by atoms with Gasteiger partial charge in [0, 0.05) is 18.9 Å². The van der Waals surface area contributed by atoms with Crippen LogP contribution in [0.4, 0.5) is 0 Å². The van der Waals surface area contributed by atoms with E-state index in [4.69, 9.17) is 5.73 Å². The minimum Gasteiger partial charge on any atom is -0.467 e. The maximum atomic E-state index is 12.7. The number of methoxy groups -OCH3 is 1. The third-order valence-corrected chi connectivity index (χ3v) is 8.71. The number of amides is 4. The molecular weight excluding hydrogens is 644 g/mol. The molecule has 0 aromatic carbocycles. The number of aliphatic hydroxyl groups is 2. The van der Waals surface area contributed by atoms with Gasteiger partial charge in [0.25, 0.3) is 5.91 Å². The van der Waals surface area contributed by atoms with Gasteiger partial charge < -0.3 is 36.6 Å². The predicted molar refractivity (Wildman–Crippen MR) is 192 cm³/mol. The van der Waals surface area contributed by atoms with Gasteiger partial charge in [-0.2, -0.15) is 0 Å². The van der Waals surface area contributed by atoms with Crippen molar-refractivity contribution >= 4 is 35.4 Å². The summed E-state index contributed by atoms with van der Waals surface area (Å²) in [7, 11) is 1.07. The Morgan fingerprint density at radius 3 is 2.14 bits per heavy atom. The van der Waals surface area contributed by atoms with Gasteiger partial charge in [0.1, 0.15) is 12.1 Å². The van der Waals surface area contributed by atoms with E-state index in [1.165, 1.54) is 46.0 Å². The second-order valence-corrected chi connectivity index (χ2v) is 13.4. The van der Waals surface area contributed by atoms with Gasteiger partial charge in [-0.15, -0.1) is 0 Å². The zero-order chi connectivity index (χ0) is 38.4. The summed E-state index contributed by atoms with van der Waals surface area (Å²) in [5.41, 5.74) is 5.73. The summed E-state index contributed by atoms with van der Waals surface area (Å²) in [6.07, 6.45) is 11.3. The molecule has 0 aliphatic rings. The van der Waals surface area contributed by atoms with E-state index in [9.17, 15) is 39.0 Å². The standard InChI is InChI=1S/C37H62N4O9/c1-9-10-11-12-14-23(2)15-13-16-24(3)17-19-30(42)25(4)18-20-31(43)27(6)35(47)40-28(7)36(48)39-22-26(5)34(46)41-29(37(49)50-8)21-32(44)33(38)45/h16-17,19,23,25-27,29,31-32,43-44H,7,9-15,18,20-22H2,1-6,8H3,(H2,38,45)(H,39,48)(H,40,47)(H,41,46)/b19-17+,24-16+/t23-,25+,26-,27+,29+,31+,32-/m0/s1. The molecule has 0 heterocycles. The van der Waals surface area contributed by atoms with Gasteiger partial charge in [-0.1, -0.05) is 91.0 Å². The fraction of sp³-hybridized carbons (Fsp3) is 0.676. The Morgan fingerprint density at radius 1 is 0.880 bits per heavy atom. The molecule has 0 spiro atoms. The number of rotatable bonds is 26.